The van der Waals surface area contributed by atoms with E-state index in [0.717, 1.165) is 60.2 Å². The molecule has 0 radical (unpaired) electrons. The number of pyridine rings is 1. The maximum absolute atomic E-state index is 13.4. The predicted octanol–water partition coefficient (Wildman–Crippen LogP) is 5.16. The summed E-state index contributed by atoms with van der Waals surface area (Å²) in [5.41, 5.74) is 5.40. The van der Waals surface area contributed by atoms with Crippen molar-refractivity contribution < 1.29 is 19.4 Å². The zero-order valence-corrected chi connectivity index (χ0v) is 21.5. The average Bonchev–Trinajstić information content (AvgIpc) is 3.24. The molecule has 8 heteroatoms. The lowest BCUT2D eigenvalue weighted by Gasteiger charge is -2.37. The van der Waals surface area contributed by atoms with Crippen LogP contribution in [0.4, 0.5) is 0 Å². The number of aryl methyl sites for hydroxylation is 1. The smallest absolute Gasteiger partial charge is 0.336 e. The number of imidazole rings is 1. The molecule has 1 aromatic carbocycles. The van der Waals surface area contributed by atoms with Crippen molar-refractivity contribution >= 4 is 28.7 Å². The summed E-state index contributed by atoms with van der Waals surface area (Å²) >= 11 is 0. The van der Waals surface area contributed by atoms with Gasteiger partial charge in [-0.3, -0.25) is 9.55 Å². The Hall–Kier alpha value is -3.94. The molecule has 2 N–H and O–H groups in total. The van der Waals surface area contributed by atoms with Crippen LogP contribution in [-0.2, 0) is 14.3 Å². The third-order valence-corrected chi connectivity index (χ3v) is 7.49. The first-order valence-corrected chi connectivity index (χ1v) is 12.9. The highest BCUT2D eigenvalue weighted by Gasteiger charge is 2.42. The summed E-state index contributed by atoms with van der Waals surface area (Å²) in [5.74, 6) is -1.03. The fraction of sp³-hybridized carbons (Fsp3) is 0.379. The molecule has 3 aromatic rings. The quantitative estimate of drug-likeness (QED) is 0.450. The first-order valence-electron chi connectivity index (χ1n) is 12.9. The van der Waals surface area contributed by atoms with Crippen molar-refractivity contribution in [1.29, 1.82) is 0 Å². The van der Waals surface area contributed by atoms with Gasteiger partial charge in [-0.1, -0.05) is 31.4 Å². The van der Waals surface area contributed by atoms with Gasteiger partial charge in [-0.25, -0.2) is 14.6 Å². The van der Waals surface area contributed by atoms with Gasteiger partial charge in [0.1, 0.15) is 11.3 Å². The molecule has 37 heavy (non-hydrogen) atoms. The second kappa shape index (κ2) is 10.2. The fourth-order valence-corrected chi connectivity index (χ4v) is 5.91. The van der Waals surface area contributed by atoms with E-state index < -0.39 is 17.9 Å². The van der Waals surface area contributed by atoms with Crippen LogP contribution >= 0.6 is 0 Å². The zero-order chi connectivity index (χ0) is 26.1. The van der Waals surface area contributed by atoms with Crippen LogP contribution in [0.5, 0.6) is 0 Å². The molecule has 0 spiro atoms. The SMILES string of the molecule is CCOC(=O)C1=C(c2ccc(-n3c(C)nc4cnccc43)cc2)NC(C)=C(C(=O)O)C1C1CCCCC1. The Kier molecular flexibility index (Phi) is 6.82. The number of carboxylic acid groups (broad SMARTS) is 1. The number of aliphatic carboxylic acids is 1. The highest BCUT2D eigenvalue weighted by molar-refractivity contribution is 6.03. The topological polar surface area (TPSA) is 106 Å². The summed E-state index contributed by atoms with van der Waals surface area (Å²) < 4.78 is 7.56. The van der Waals surface area contributed by atoms with Gasteiger partial charge in [0.15, 0.2) is 0 Å². The number of aromatic nitrogens is 3. The molecule has 8 nitrogen and oxygen atoms in total. The Bertz CT molecular complexity index is 1410. The van der Waals surface area contributed by atoms with Crippen molar-refractivity contribution in [2.24, 2.45) is 11.8 Å². The lowest BCUT2D eigenvalue weighted by Crippen LogP contribution is -2.37. The number of hydrogen-bond donors (Lipinski definition) is 2. The van der Waals surface area contributed by atoms with Gasteiger partial charge in [0.25, 0.3) is 0 Å². The number of nitrogens with one attached hydrogen (secondary N) is 1. The molecule has 1 unspecified atom stereocenters. The number of carbonyl (C=O) groups is 2. The number of ether oxygens (including phenoxy) is 1. The Morgan fingerprint density at radius 2 is 1.81 bits per heavy atom. The second-order valence-electron chi connectivity index (χ2n) is 9.76. The van der Waals surface area contributed by atoms with E-state index in [9.17, 15) is 14.7 Å². The van der Waals surface area contributed by atoms with Crippen LogP contribution in [0.25, 0.3) is 22.4 Å². The highest BCUT2D eigenvalue weighted by Crippen LogP contribution is 2.44. The molecule has 1 aliphatic carbocycles. The van der Waals surface area contributed by atoms with Crippen LogP contribution in [0.1, 0.15) is 57.3 Å². The number of hydrogen-bond acceptors (Lipinski definition) is 6. The molecule has 2 aliphatic rings. The summed E-state index contributed by atoms with van der Waals surface area (Å²) in [6.45, 7) is 5.73. The van der Waals surface area contributed by atoms with Crippen molar-refractivity contribution in [2.75, 3.05) is 6.61 Å². The lowest BCUT2D eigenvalue weighted by atomic mass is 9.70. The number of rotatable bonds is 6. The summed E-state index contributed by atoms with van der Waals surface area (Å²) in [6, 6.07) is 9.83. The first-order chi connectivity index (χ1) is 17.9. The Morgan fingerprint density at radius 1 is 1.08 bits per heavy atom. The summed E-state index contributed by atoms with van der Waals surface area (Å²) in [5, 5.41) is 13.4. The minimum absolute atomic E-state index is 0.0825. The minimum Gasteiger partial charge on any atom is -0.478 e. The fourth-order valence-electron chi connectivity index (χ4n) is 5.91. The van der Waals surface area contributed by atoms with E-state index in [1.807, 2.05) is 37.3 Å². The Balaban J connectivity index is 1.62. The predicted molar refractivity (Wildman–Crippen MR) is 141 cm³/mol. The van der Waals surface area contributed by atoms with Crippen LogP contribution in [0.3, 0.4) is 0 Å². The molecule has 1 atom stereocenters. The van der Waals surface area contributed by atoms with E-state index in [2.05, 4.69) is 19.9 Å². The van der Waals surface area contributed by atoms with E-state index in [1.165, 1.54) is 0 Å². The van der Waals surface area contributed by atoms with Crippen LogP contribution in [-0.4, -0.2) is 38.2 Å². The number of dihydropyridines is 1. The van der Waals surface area contributed by atoms with E-state index in [-0.39, 0.29) is 18.1 Å². The summed E-state index contributed by atoms with van der Waals surface area (Å²) in [4.78, 5) is 34.6. The molecule has 0 bridgehead atoms. The number of fused-ring (bicyclic) bond motifs is 1. The number of allylic oxidation sites excluding steroid dienone is 1. The number of esters is 1. The minimum atomic E-state index is -0.992. The van der Waals surface area contributed by atoms with Crippen molar-refractivity contribution in [1.82, 2.24) is 19.9 Å². The first kappa shape index (κ1) is 24.7. The highest BCUT2D eigenvalue weighted by atomic mass is 16.5. The molecular weight excluding hydrogens is 468 g/mol. The van der Waals surface area contributed by atoms with E-state index in [0.29, 0.717) is 17.0 Å². The van der Waals surface area contributed by atoms with Crippen LogP contribution in [0.2, 0.25) is 0 Å². The standard InChI is InChI=1S/C29H32N4O4/c1-4-37-29(36)26-25(19-8-6-5-7-9-19)24(28(34)35)17(2)31-27(26)20-10-12-21(13-11-20)33-18(3)32-22-16-30-15-14-23(22)33/h10-16,19,25,31H,4-9H2,1-3H3,(H,34,35). The second-order valence-corrected chi connectivity index (χ2v) is 9.76. The third kappa shape index (κ3) is 4.52. The van der Waals surface area contributed by atoms with Gasteiger partial charge in [-0.2, -0.15) is 0 Å². The van der Waals surface area contributed by atoms with Gasteiger partial charge in [0.05, 0.1) is 35.2 Å². The largest absolute Gasteiger partial charge is 0.478 e. The van der Waals surface area contributed by atoms with E-state index in [1.54, 1.807) is 26.2 Å². The maximum atomic E-state index is 13.4. The average molecular weight is 501 g/mol. The monoisotopic (exact) mass is 500 g/mol. The zero-order valence-electron chi connectivity index (χ0n) is 21.5. The molecule has 0 amide bonds. The van der Waals surface area contributed by atoms with Crippen molar-refractivity contribution in [3.8, 4) is 5.69 Å². The number of carbonyl (C=O) groups excluding carboxylic acids is 1. The molecule has 1 fully saturated rings. The normalized spacial score (nSPS) is 18.7. The molecule has 192 valence electrons. The molecule has 2 aromatic heterocycles. The van der Waals surface area contributed by atoms with Crippen molar-refractivity contribution in [3.63, 3.8) is 0 Å². The third-order valence-electron chi connectivity index (χ3n) is 7.49. The molecule has 3 heterocycles. The summed E-state index contributed by atoms with van der Waals surface area (Å²) in [7, 11) is 0. The Labute approximate surface area is 216 Å². The van der Waals surface area contributed by atoms with Crippen LogP contribution < -0.4 is 5.32 Å². The van der Waals surface area contributed by atoms with Gasteiger partial charge in [-0.05, 0) is 63.3 Å². The number of nitrogens with zero attached hydrogens (tertiary/aromatic N) is 3. The maximum Gasteiger partial charge on any atom is 0.336 e. The van der Waals surface area contributed by atoms with Crippen LogP contribution in [0, 0.1) is 18.8 Å². The molecule has 1 saturated carbocycles. The van der Waals surface area contributed by atoms with Gasteiger partial charge < -0.3 is 15.2 Å². The summed E-state index contributed by atoms with van der Waals surface area (Å²) in [6.07, 6.45) is 8.49. The van der Waals surface area contributed by atoms with Gasteiger partial charge in [0, 0.05) is 23.5 Å². The van der Waals surface area contributed by atoms with Gasteiger partial charge in [-0.15, -0.1) is 0 Å². The van der Waals surface area contributed by atoms with Gasteiger partial charge in [0.2, 0.25) is 0 Å². The van der Waals surface area contributed by atoms with Crippen LogP contribution in [0.15, 0.2) is 59.6 Å². The number of benzene rings is 1. The van der Waals surface area contributed by atoms with E-state index >= 15 is 0 Å². The lowest BCUT2D eigenvalue weighted by molar-refractivity contribution is -0.139. The van der Waals surface area contributed by atoms with Crippen molar-refractivity contribution in [2.45, 2.75) is 52.9 Å². The van der Waals surface area contributed by atoms with E-state index in [4.69, 9.17) is 4.74 Å². The number of carboxylic acids is 1. The molecule has 0 saturated heterocycles. The van der Waals surface area contributed by atoms with Crippen molar-refractivity contribution in [3.05, 3.63) is 71.0 Å². The Morgan fingerprint density at radius 3 is 2.49 bits per heavy atom. The molecular formula is C29H32N4O4. The molecule has 1 aliphatic heterocycles. The molecule has 5 rings (SSSR count). The van der Waals surface area contributed by atoms with Gasteiger partial charge >= 0.3 is 11.9 Å².